The maximum atomic E-state index is 5.80. The van der Waals surface area contributed by atoms with E-state index in [4.69, 9.17) is 9.47 Å². The highest BCUT2D eigenvalue weighted by atomic mass is 16.5. The highest BCUT2D eigenvalue weighted by molar-refractivity contribution is 4.57. The fourth-order valence-corrected chi connectivity index (χ4v) is 2.17. The molecule has 3 heteroatoms. The van der Waals surface area contributed by atoms with E-state index in [2.05, 4.69) is 39.5 Å². The van der Waals surface area contributed by atoms with Crippen molar-refractivity contribution in [3.05, 3.63) is 0 Å². The molecule has 19 heavy (non-hydrogen) atoms. The maximum absolute atomic E-state index is 5.80. The standard InChI is InChI=1S/C16H35NO2/c1-6-9-15(4)18-13-11-17(8-3)12-14-19-16(5)10-7-2/h15-16H,6-14H2,1-5H3. The quantitative estimate of drug-likeness (QED) is 0.510. The van der Waals surface area contributed by atoms with E-state index in [1.807, 2.05) is 0 Å². The van der Waals surface area contributed by atoms with Gasteiger partial charge < -0.3 is 9.47 Å². The fraction of sp³-hybridized carbons (Fsp3) is 1.00. The second-order valence-electron chi connectivity index (χ2n) is 5.37. The van der Waals surface area contributed by atoms with Gasteiger partial charge in [-0.1, -0.05) is 33.6 Å². The second-order valence-corrected chi connectivity index (χ2v) is 5.37. The van der Waals surface area contributed by atoms with Gasteiger partial charge in [0.25, 0.3) is 0 Å². The Labute approximate surface area is 120 Å². The van der Waals surface area contributed by atoms with E-state index in [0.717, 1.165) is 45.7 Å². The molecule has 0 N–H and O–H groups in total. The molecule has 0 aromatic heterocycles. The first-order valence-corrected chi connectivity index (χ1v) is 8.09. The molecule has 0 bridgehead atoms. The minimum atomic E-state index is 0.393. The summed E-state index contributed by atoms with van der Waals surface area (Å²) >= 11 is 0. The highest BCUT2D eigenvalue weighted by Gasteiger charge is 2.06. The van der Waals surface area contributed by atoms with Crippen LogP contribution in [0.1, 0.15) is 60.3 Å². The Morgan fingerprint density at radius 3 is 1.53 bits per heavy atom. The fourth-order valence-electron chi connectivity index (χ4n) is 2.17. The van der Waals surface area contributed by atoms with Crippen molar-refractivity contribution in [3.63, 3.8) is 0 Å². The molecule has 0 spiro atoms. The van der Waals surface area contributed by atoms with Crippen LogP contribution in [0.4, 0.5) is 0 Å². The van der Waals surface area contributed by atoms with Crippen molar-refractivity contribution < 1.29 is 9.47 Å². The Hall–Kier alpha value is -0.120. The lowest BCUT2D eigenvalue weighted by molar-refractivity contribution is 0.0221. The largest absolute Gasteiger partial charge is 0.377 e. The van der Waals surface area contributed by atoms with Crippen LogP contribution in [-0.2, 0) is 9.47 Å². The molecular weight excluding hydrogens is 238 g/mol. The van der Waals surface area contributed by atoms with Crippen LogP contribution in [0.25, 0.3) is 0 Å². The summed E-state index contributed by atoms with van der Waals surface area (Å²) in [4.78, 5) is 2.40. The lowest BCUT2D eigenvalue weighted by atomic mass is 10.2. The summed E-state index contributed by atoms with van der Waals surface area (Å²) in [6.45, 7) is 15.7. The van der Waals surface area contributed by atoms with Crippen LogP contribution in [0.15, 0.2) is 0 Å². The molecule has 2 atom stereocenters. The van der Waals surface area contributed by atoms with Crippen molar-refractivity contribution in [2.24, 2.45) is 0 Å². The molecule has 3 nitrogen and oxygen atoms in total. The van der Waals surface area contributed by atoms with Crippen molar-refractivity contribution in [2.75, 3.05) is 32.8 Å². The summed E-state index contributed by atoms with van der Waals surface area (Å²) in [6, 6.07) is 0. The first-order valence-electron chi connectivity index (χ1n) is 8.09. The molecule has 0 radical (unpaired) electrons. The van der Waals surface area contributed by atoms with Gasteiger partial charge in [0.05, 0.1) is 25.4 Å². The zero-order valence-corrected chi connectivity index (χ0v) is 13.8. The summed E-state index contributed by atoms with van der Waals surface area (Å²) in [5, 5.41) is 0. The third kappa shape index (κ3) is 11.4. The molecule has 116 valence electrons. The van der Waals surface area contributed by atoms with Gasteiger partial charge in [-0.3, -0.25) is 4.90 Å². The van der Waals surface area contributed by atoms with Crippen LogP contribution < -0.4 is 0 Å². The third-order valence-electron chi connectivity index (χ3n) is 3.46. The van der Waals surface area contributed by atoms with Crippen LogP contribution in [0, 0.1) is 0 Å². The molecule has 0 saturated carbocycles. The van der Waals surface area contributed by atoms with E-state index in [-0.39, 0.29) is 0 Å². The second kappa shape index (κ2) is 12.9. The van der Waals surface area contributed by atoms with Crippen LogP contribution in [0.2, 0.25) is 0 Å². The molecule has 0 heterocycles. The van der Waals surface area contributed by atoms with Gasteiger partial charge >= 0.3 is 0 Å². The van der Waals surface area contributed by atoms with Crippen molar-refractivity contribution >= 4 is 0 Å². The normalized spacial score (nSPS) is 14.8. The summed E-state index contributed by atoms with van der Waals surface area (Å²) in [6.07, 6.45) is 5.49. The van der Waals surface area contributed by atoms with Gasteiger partial charge in [0.2, 0.25) is 0 Å². The number of likely N-dealkylation sites (N-methyl/N-ethyl adjacent to an activating group) is 1. The average Bonchev–Trinajstić information content (AvgIpc) is 2.37. The summed E-state index contributed by atoms with van der Waals surface area (Å²) < 4.78 is 11.6. The van der Waals surface area contributed by atoms with Gasteiger partial charge in [-0.25, -0.2) is 0 Å². The van der Waals surface area contributed by atoms with Gasteiger partial charge in [-0.05, 0) is 33.2 Å². The van der Waals surface area contributed by atoms with Crippen molar-refractivity contribution in [1.29, 1.82) is 0 Å². The smallest absolute Gasteiger partial charge is 0.0597 e. The topological polar surface area (TPSA) is 21.7 Å². The minimum Gasteiger partial charge on any atom is -0.377 e. The van der Waals surface area contributed by atoms with Crippen molar-refractivity contribution in [3.8, 4) is 0 Å². The predicted octanol–water partition coefficient (Wildman–Crippen LogP) is 3.72. The Balaban J connectivity index is 3.60. The summed E-state index contributed by atoms with van der Waals surface area (Å²) in [5.74, 6) is 0. The number of hydrogen-bond acceptors (Lipinski definition) is 3. The molecule has 0 saturated heterocycles. The zero-order chi connectivity index (χ0) is 14.5. The Morgan fingerprint density at radius 1 is 0.789 bits per heavy atom. The van der Waals surface area contributed by atoms with Crippen LogP contribution in [-0.4, -0.2) is 50.0 Å². The van der Waals surface area contributed by atoms with E-state index in [0.29, 0.717) is 12.2 Å². The molecule has 0 aromatic carbocycles. The monoisotopic (exact) mass is 273 g/mol. The zero-order valence-electron chi connectivity index (χ0n) is 13.8. The molecule has 0 amide bonds. The van der Waals surface area contributed by atoms with Crippen LogP contribution in [0.3, 0.4) is 0 Å². The summed E-state index contributed by atoms with van der Waals surface area (Å²) in [7, 11) is 0. The van der Waals surface area contributed by atoms with E-state index < -0.39 is 0 Å². The van der Waals surface area contributed by atoms with Crippen LogP contribution in [0.5, 0.6) is 0 Å². The molecular formula is C16H35NO2. The first kappa shape index (κ1) is 18.9. The lowest BCUT2D eigenvalue weighted by Gasteiger charge is -2.22. The van der Waals surface area contributed by atoms with Gasteiger partial charge in [-0.15, -0.1) is 0 Å². The third-order valence-corrected chi connectivity index (χ3v) is 3.46. The van der Waals surface area contributed by atoms with E-state index in [1.54, 1.807) is 0 Å². The molecule has 0 aliphatic carbocycles. The Kier molecular flexibility index (Phi) is 12.8. The maximum Gasteiger partial charge on any atom is 0.0597 e. The lowest BCUT2D eigenvalue weighted by Crippen LogP contribution is -2.32. The van der Waals surface area contributed by atoms with Gasteiger partial charge in [0, 0.05) is 13.1 Å². The average molecular weight is 273 g/mol. The van der Waals surface area contributed by atoms with Crippen molar-refractivity contribution in [1.82, 2.24) is 4.90 Å². The number of nitrogens with zero attached hydrogens (tertiary/aromatic N) is 1. The van der Waals surface area contributed by atoms with E-state index in [9.17, 15) is 0 Å². The molecule has 0 fully saturated rings. The molecule has 2 unspecified atom stereocenters. The van der Waals surface area contributed by atoms with E-state index >= 15 is 0 Å². The molecule has 0 aromatic rings. The number of hydrogen-bond donors (Lipinski definition) is 0. The van der Waals surface area contributed by atoms with Crippen molar-refractivity contribution in [2.45, 2.75) is 72.5 Å². The number of ether oxygens (including phenoxy) is 2. The number of rotatable bonds is 13. The minimum absolute atomic E-state index is 0.393. The summed E-state index contributed by atoms with van der Waals surface area (Å²) in [5.41, 5.74) is 0. The Bertz CT molecular complexity index is 170. The Morgan fingerprint density at radius 2 is 1.21 bits per heavy atom. The molecule has 0 aliphatic heterocycles. The molecule has 0 rings (SSSR count). The SMILES string of the molecule is CCCC(C)OCCN(CC)CCOC(C)CCC. The van der Waals surface area contributed by atoms with Gasteiger partial charge in [-0.2, -0.15) is 0 Å². The van der Waals surface area contributed by atoms with Crippen LogP contribution >= 0.6 is 0 Å². The van der Waals surface area contributed by atoms with Gasteiger partial charge in [0.1, 0.15) is 0 Å². The predicted molar refractivity (Wildman–Crippen MR) is 82.8 cm³/mol. The first-order chi connectivity index (χ1) is 9.13. The van der Waals surface area contributed by atoms with E-state index in [1.165, 1.54) is 12.8 Å². The van der Waals surface area contributed by atoms with Gasteiger partial charge in [0.15, 0.2) is 0 Å². The highest BCUT2D eigenvalue weighted by Crippen LogP contribution is 2.02. The molecule has 0 aliphatic rings.